The number of nitrogens with one attached hydrogen (secondary N) is 1. The minimum atomic E-state index is -0.162. The summed E-state index contributed by atoms with van der Waals surface area (Å²) in [5.41, 5.74) is 2.28. The standard InChI is InChI=1S/C14H12N4O/c1-10-5-2-3-6-11(10)14(19)17-13-9-15-12-7-4-8-16-18(12)13/h2-9H,1H3,(H,17,19). The number of carbonyl (C=O) groups excluding carboxylic acids is 1. The van der Waals surface area contributed by atoms with Gasteiger partial charge in [0.1, 0.15) is 0 Å². The summed E-state index contributed by atoms with van der Waals surface area (Å²) >= 11 is 0. The van der Waals surface area contributed by atoms with E-state index in [1.807, 2.05) is 31.2 Å². The average Bonchev–Trinajstić information content (AvgIpc) is 2.83. The summed E-state index contributed by atoms with van der Waals surface area (Å²) in [5.74, 6) is 0.398. The molecule has 0 saturated heterocycles. The topological polar surface area (TPSA) is 59.3 Å². The number of aromatic nitrogens is 3. The third-order valence-corrected chi connectivity index (χ3v) is 2.91. The van der Waals surface area contributed by atoms with Crippen LogP contribution in [0.3, 0.4) is 0 Å². The first-order valence-electron chi connectivity index (χ1n) is 5.91. The van der Waals surface area contributed by atoms with Crippen molar-refractivity contribution in [3.8, 4) is 0 Å². The third kappa shape index (κ3) is 2.06. The van der Waals surface area contributed by atoms with Crippen molar-refractivity contribution in [2.24, 2.45) is 0 Å². The molecule has 5 nitrogen and oxygen atoms in total. The van der Waals surface area contributed by atoms with Crippen molar-refractivity contribution in [1.82, 2.24) is 14.6 Å². The predicted molar refractivity (Wildman–Crippen MR) is 72.1 cm³/mol. The molecule has 3 rings (SSSR count). The van der Waals surface area contributed by atoms with Crippen molar-refractivity contribution in [2.45, 2.75) is 6.92 Å². The third-order valence-electron chi connectivity index (χ3n) is 2.91. The molecule has 0 atom stereocenters. The average molecular weight is 252 g/mol. The lowest BCUT2D eigenvalue weighted by Crippen LogP contribution is -2.15. The molecule has 1 N–H and O–H groups in total. The maximum Gasteiger partial charge on any atom is 0.257 e. The van der Waals surface area contributed by atoms with Gasteiger partial charge in [0, 0.05) is 11.8 Å². The number of hydrogen-bond acceptors (Lipinski definition) is 3. The second-order valence-electron chi connectivity index (χ2n) is 4.21. The Morgan fingerprint density at radius 2 is 2.05 bits per heavy atom. The van der Waals surface area contributed by atoms with Gasteiger partial charge in [-0.3, -0.25) is 4.79 Å². The first kappa shape index (κ1) is 11.4. The number of nitrogens with zero attached hydrogens (tertiary/aromatic N) is 3. The van der Waals surface area contributed by atoms with Crippen molar-refractivity contribution in [3.05, 3.63) is 59.9 Å². The SMILES string of the molecule is Cc1ccccc1C(=O)Nc1cnc2cccnn12. The van der Waals surface area contributed by atoms with Crippen LogP contribution in [0.2, 0.25) is 0 Å². The number of benzene rings is 1. The van der Waals surface area contributed by atoms with Gasteiger partial charge in [0.15, 0.2) is 11.5 Å². The fraction of sp³-hybridized carbons (Fsp3) is 0.0714. The van der Waals surface area contributed by atoms with Gasteiger partial charge in [0.2, 0.25) is 0 Å². The van der Waals surface area contributed by atoms with Gasteiger partial charge in [-0.2, -0.15) is 9.61 Å². The van der Waals surface area contributed by atoms with Crippen molar-refractivity contribution in [1.29, 1.82) is 0 Å². The Labute approximate surface area is 109 Å². The van der Waals surface area contributed by atoms with E-state index < -0.39 is 0 Å². The number of fused-ring (bicyclic) bond motifs is 1. The highest BCUT2D eigenvalue weighted by Gasteiger charge is 2.11. The molecule has 0 spiro atoms. The fourth-order valence-electron chi connectivity index (χ4n) is 1.93. The van der Waals surface area contributed by atoms with Crippen LogP contribution < -0.4 is 5.32 Å². The molecule has 19 heavy (non-hydrogen) atoms. The number of hydrogen-bond donors (Lipinski definition) is 1. The van der Waals surface area contributed by atoms with Crippen LogP contribution in [0.15, 0.2) is 48.8 Å². The molecule has 94 valence electrons. The number of rotatable bonds is 2. The number of aryl methyl sites for hydroxylation is 1. The van der Waals surface area contributed by atoms with E-state index in [1.54, 1.807) is 29.0 Å². The summed E-state index contributed by atoms with van der Waals surface area (Å²) in [6.45, 7) is 1.90. The van der Waals surface area contributed by atoms with E-state index in [0.29, 0.717) is 17.0 Å². The Morgan fingerprint density at radius 3 is 2.89 bits per heavy atom. The maximum atomic E-state index is 12.2. The van der Waals surface area contributed by atoms with Gasteiger partial charge in [-0.1, -0.05) is 18.2 Å². The van der Waals surface area contributed by atoms with Crippen LogP contribution in [-0.2, 0) is 0 Å². The minimum absolute atomic E-state index is 0.162. The molecular weight excluding hydrogens is 240 g/mol. The Balaban J connectivity index is 1.94. The van der Waals surface area contributed by atoms with Crippen molar-refractivity contribution in [2.75, 3.05) is 5.32 Å². The molecule has 1 amide bonds. The normalized spacial score (nSPS) is 10.6. The van der Waals surface area contributed by atoms with Gasteiger partial charge in [-0.25, -0.2) is 4.98 Å². The van der Waals surface area contributed by atoms with E-state index in [-0.39, 0.29) is 5.91 Å². The smallest absolute Gasteiger partial charge is 0.257 e. The van der Waals surface area contributed by atoms with Crippen LogP contribution in [0.4, 0.5) is 5.82 Å². The summed E-state index contributed by atoms with van der Waals surface area (Å²) in [7, 11) is 0. The van der Waals surface area contributed by atoms with Crippen molar-refractivity contribution in [3.63, 3.8) is 0 Å². The van der Waals surface area contributed by atoms with E-state index in [2.05, 4.69) is 15.4 Å². The lowest BCUT2D eigenvalue weighted by atomic mass is 10.1. The van der Waals surface area contributed by atoms with E-state index in [9.17, 15) is 4.79 Å². The van der Waals surface area contributed by atoms with Crippen molar-refractivity contribution < 1.29 is 4.79 Å². The van der Waals surface area contributed by atoms with Crippen LogP contribution >= 0.6 is 0 Å². The minimum Gasteiger partial charge on any atom is -0.305 e. The lowest BCUT2D eigenvalue weighted by Gasteiger charge is -2.06. The maximum absolute atomic E-state index is 12.2. The Kier molecular flexibility index (Phi) is 2.72. The Hall–Kier alpha value is -2.69. The monoisotopic (exact) mass is 252 g/mol. The largest absolute Gasteiger partial charge is 0.305 e. The van der Waals surface area contributed by atoms with Crippen LogP contribution in [0.5, 0.6) is 0 Å². The van der Waals surface area contributed by atoms with Gasteiger partial charge >= 0.3 is 0 Å². The molecule has 2 aromatic heterocycles. The van der Waals surface area contributed by atoms with Crippen LogP contribution in [-0.4, -0.2) is 20.5 Å². The number of carbonyl (C=O) groups is 1. The molecule has 0 aliphatic heterocycles. The van der Waals surface area contributed by atoms with E-state index in [1.165, 1.54) is 0 Å². The summed E-state index contributed by atoms with van der Waals surface area (Å²) in [4.78, 5) is 16.4. The zero-order chi connectivity index (χ0) is 13.2. The summed E-state index contributed by atoms with van der Waals surface area (Å²) in [6.07, 6.45) is 3.25. The molecule has 5 heteroatoms. The van der Waals surface area contributed by atoms with Gasteiger partial charge in [-0.05, 0) is 30.7 Å². The second kappa shape index (κ2) is 4.53. The highest BCUT2D eigenvalue weighted by Crippen LogP contribution is 2.13. The number of amides is 1. The first-order chi connectivity index (χ1) is 9.25. The molecule has 0 unspecified atom stereocenters. The molecule has 3 aromatic rings. The summed E-state index contributed by atoms with van der Waals surface area (Å²) < 4.78 is 1.59. The predicted octanol–water partition coefficient (Wildman–Crippen LogP) is 2.29. The van der Waals surface area contributed by atoms with Gasteiger partial charge in [-0.15, -0.1) is 0 Å². The summed E-state index contributed by atoms with van der Waals surface area (Å²) in [6, 6.07) is 11.1. The van der Waals surface area contributed by atoms with Gasteiger partial charge < -0.3 is 5.32 Å². The van der Waals surface area contributed by atoms with E-state index in [4.69, 9.17) is 0 Å². The molecular formula is C14H12N4O. The highest BCUT2D eigenvalue weighted by atomic mass is 16.1. The molecule has 0 radical (unpaired) electrons. The van der Waals surface area contributed by atoms with Crippen LogP contribution in [0, 0.1) is 6.92 Å². The van der Waals surface area contributed by atoms with Crippen LogP contribution in [0.1, 0.15) is 15.9 Å². The molecule has 1 aromatic carbocycles. The fourth-order valence-corrected chi connectivity index (χ4v) is 1.93. The van der Waals surface area contributed by atoms with Crippen LogP contribution in [0.25, 0.3) is 5.65 Å². The molecule has 0 bridgehead atoms. The van der Waals surface area contributed by atoms with E-state index in [0.717, 1.165) is 5.56 Å². The number of anilines is 1. The molecule has 2 heterocycles. The molecule has 0 saturated carbocycles. The zero-order valence-electron chi connectivity index (χ0n) is 10.4. The highest BCUT2D eigenvalue weighted by molar-refractivity contribution is 6.04. The molecule has 0 fully saturated rings. The summed E-state index contributed by atoms with van der Waals surface area (Å²) in [5, 5.41) is 6.97. The lowest BCUT2D eigenvalue weighted by molar-refractivity contribution is 0.102. The molecule has 0 aliphatic carbocycles. The van der Waals surface area contributed by atoms with E-state index >= 15 is 0 Å². The number of imidazole rings is 1. The zero-order valence-corrected chi connectivity index (χ0v) is 10.4. The Morgan fingerprint density at radius 1 is 1.21 bits per heavy atom. The van der Waals surface area contributed by atoms with Crippen molar-refractivity contribution >= 4 is 17.4 Å². The van der Waals surface area contributed by atoms with Gasteiger partial charge in [0.25, 0.3) is 5.91 Å². The second-order valence-corrected chi connectivity index (χ2v) is 4.21. The van der Waals surface area contributed by atoms with Gasteiger partial charge in [0.05, 0.1) is 6.20 Å². The quantitative estimate of drug-likeness (QED) is 0.761. The molecule has 0 aliphatic rings. The Bertz CT molecular complexity index is 748. The first-order valence-corrected chi connectivity index (χ1v) is 5.91.